The van der Waals surface area contributed by atoms with E-state index in [1.165, 1.54) is 167 Å². The van der Waals surface area contributed by atoms with Gasteiger partial charge >= 0.3 is 11.9 Å². The number of carbonyl (C=O) groups excluding carboxylic acids is 1. The minimum Gasteiger partial charge on any atom is -0.481 e. The van der Waals surface area contributed by atoms with Gasteiger partial charge in [-0.3, -0.25) is 9.59 Å². The summed E-state index contributed by atoms with van der Waals surface area (Å²) in [5.74, 6) is -0.0771. The van der Waals surface area contributed by atoms with Crippen molar-refractivity contribution in [1.82, 2.24) is 0 Å². The molecule has 45 heavy (non-hydrogen) atoms. The van der Waals surface area contributed by atoms with Crippen molar-refractivity contribution in [2.75, 3.05) is 13.2 Å². The summed E-state index contributed by atoms with van der Waals surface area (Å²) in [7, 11) is 0. The summed E-state index contributed by atoms with van der Waals surface area (Å²) in [6.07, 6.45) is 38.7. The summed E-state index contributed by atoms with van der Waals surface area (Å²) < 4.78 is 5.00. The number of hydrogen-bond donors (Lipinski definition) is 3. The summed E-state index contributed by atoms with van der Waals surface area (Å²) in [4.78, 5) is 22.3. The van der Waals surface area contributed by atoms with Gasteiger partial charge < -0.3 is 20.1 Å². The second-order valence-electron chi connectivity index (χ2n) is 13.8. The quantitative estimate of drug-likeness (QED) is 0.0461. The lowest BCUT2D eigenvalue weighted by Gasteiger charge is -2.17. The highest BCUT2D eigenvalue weighted by Crippen LogP contribution is 2.25. The van der Waals surface area contributed by atoms with Crippen molar-refractivity contribution in [1.29, 1.82) is 0 Å². The van der Waals surface area contributed by atoms with Gasteiger partial charge in [-0.15, -0.1) is 0 Å². The first kappa shape index (κ1) is 43.9. The Balaban J connectivity index is 3.89. The highest BCUT2D eigenvalue weighted by Gasteiger charge is 2.10. The van der Waals surface area contributed by atoms with Crippen molar-refractivity contribution in [2.45, 2.75) is 218 Å². The Morgan fingerprint density at radius 3 is 1.20 bits per heavy atom. The van der Waals surface area contributed by atoms with Crippen LogP contribution in [0.1, 0.15) is 212 Å². The van der Waals surface area contributed by atoms with E-state index in [1.54, 1.807) is 0 Å². The number of aliphatic carboxylic acids is 1. The standard InChI is InChI=1S/C39H76O6/c1-2-3-4-5-6-16-19-24-29-36(31-26-22-23-28-33-39(44)45-35-37(41)34-40)30-25-20-17-14-12-10-8-7-9-11-13-15-18-21-27-32-38(42)43/h36-37,40-41H,2-35H2,1H3,(H,42,43). The lowest BCUT2D eigenvalue weighted by Crippen LogP contribution is -2.21. The van der Waals surface area contributed by atoms with Gasteiger partial charge in [0, 0.05) is 12.8 Å². The maximum absolute atomic E-state index is 11.8. The van der Waals surface area contributed by atoms with Crippen LogP contribution in [-0.4, -0.2) is 46.6 Å². The van der Waals surface area contributed by atoms with Gasteiger partial charge in [0.1, 0.15) is 12.7 Å². The number of ether oxygens (including phenoxy) is 1. The second kappa shape index (κ2) is 35.7. The SMILES string of the molecule is CCCCCCCCCCC(CCCCCCCCCCCCCCCCCC(=O)O)CCCCCCC(=O)OCC(O)CO. The van der Waals surface area contributed by atoms with Gasteiger partial charge in [0.25, 0.3) is 0 Å². The van der Waals surface area contributed by atoms with E-state index in [1.807, 2.05) is 0 Å². The molecule has 6 nitrogen and oxygen atoms in total. The van der Waals surface area contributed by atoms with E-state index < -0.39 is 12.1 Å². The molecule has 2 unspecified atom stereocenters. The van der Waals surface area contributed by atoms with Crippen LogP contribution in [0.15, 0.2) is 0 Å². The minimum atomic E-state index is -0.973. The predicted molar refractivity (Wildman–Crippen MR) is 189 cm³/mol. The van der Waals surface area contributed by atoms with Gasteiger partial charge in [-0.1, -0.05) is 187 Å². The molecule has 0 aliphatic carbocycles. The Hall–Kier alpha value is -1.14. The number of carbonyl (C=O) groups is 2. The average Bonchev–Trinajstić information content (AvgIpc) is 3.03. The number of esters is 1. The van der Waals surface area contributed by atoms with Gasteiger partial charge in [0.15, 0.2) is 0 Å². The van der Waals surface area contributed by atoms with Gasteiger partial charge in [0.2, 0.25) is 0 Å². The smallest absolute Gasteiger partial charge is 0.305 e. The summed E-state index contributed by atoms with van der Waals surface area (Å²) in [6.45, 7) is 1.79. The molecule has 0 amide bonds. The molecule has 0 heterocycles. The molecule has 0 bridgehead atoms. The number of carboxylic acids is 1. The molecule has 0 aliphatic rings. The first-order chi connectivity index (χ1) is 22.0. The largest absolute Gasteiger partial charge is 0.481 e. The van der Waals surface area contributed by atoms with E-state index in [0.29, 0.717) is 12.8 Å². The van der Waals surface area contributed by atoms with E-state index in [0.717, 1.165) is 31.6 Å². The summed E-state index contributed by atoms with van der Waals surface area (Å²) in [6, 6.07) is 0. The predicted octanol–water partition coefficient (Wildman–Crippen LogP) is 11.1. The van der Waals surface area contributed by atoms with E-state index in [9.17, 15) is 14.7 Å². The third-order valence-corrected chi connectivity index (χ3v) is 9.36. The van der Waals surface area contributed by atoms with Crippen LogP contribution in [-0.2, 0) is 14.3 Å². The Morgan fingerprint density at radius 2 is 0.844 bits per heavy atom. The second-order valence-corrected chi connectivity index (χ2v) is 13.8. The number of aliphatic hydroxyl groups excluding tert-OH is 2. The van der Waals surface area contributed by atoms with E-state index in [2.05, 4.69) is 6.92 Å². The van der Waals surface area contributed by atoms with Gasteiger partial charge in [-0.2, -0.15) is 0 Å². The zero-order valence-electron chi connectivity index (χ0n) is 29.8. The molecule has 2 atom stereocenters. The molecule has 0 aromatic rings. The fraction of sp³-hybridized carbons (Fsp3) is 0.949. The van der Waals surface area contributed by atoms with Crippen molar-refractivity contribution in [3.63, 3.8) is 0 Å². The van der Waals surface area contributed by atoms with Crippen molar-refractivity contribution in [3.05, 3.63) is 0 Å². The highest BCUT2D eigenvalue weighted by atomic mass is 16.5. The molecule has 0 aromatic heterocycles. The Labute approximate surface area is 278 Å². The number of unbranched alkanes of at least 4 members (excludes halogenated alkanes) is 24. The lowest BCUT2D eigenvalue weighted by atomic mass is 9.89. The van der Waals surface area contributed by atoms with E-state index in [4.69, 9.17) is 14.9 Å². The monoisotopic (exact) mass is 641 g/mol. The van der Waals surface area contributed by atoms with Crippen LogP contribution in [0.2, 0.25) is 0 Å². The molecule has 6 heteroatoms. The van der Waals surface area contributed by atoms with Crippen LogP contribution >= 0.6 is 0 Å². The van der Waals surface area contributed by atoms with E-state index >= 15 is 0 Å². The first-order valence-electron chi connectivity index (χ1n) is 19.7. The molecule has 0 spiro atoms. The number of aliphatic hydroxyl groups is 2. The molecule has 0 saturated heterocycles. The summed E-state index contributed by atoms with van der Waals surface area (Å²) in [5.41, 5.74) is 0. The van der Waals surface area contributed by atoms with Crippen LogP contribution in [0, 0.1) is 5.92 Å². The van der Waals surface area contributed by atoms with Crippen LogP contribution < -0.4 is 0 Å². The van der Waals surface area contributed by atoms with Crippen LogP contribution in [0.5, 0.6) is 0 Å². The first-order valence-corrected chi connectivity index (χ1v) is 19.7. The van der Waals surface area contributed by atoms with E-state index in [-0.39, 0.29) is 19.2 Å². The van der Waals surface area contributed by atoms with Crippen molar-refractivity contribution in [2.24, 2.45) is 5.92 Å². The number of carboxylic acid groups (broad SMARTS) is 1. The zero-order chi connectivity index (χ0) is 33.1. The third-order valence-electron chi connectivity index (χ3n) is 9.36. The highest BCUT2D eigenvalue weighted by molar-refractivity contribution is 5.69. The molecule has 0 radical (unpaired) electrons. The summed E-state index contributed by atoms with van der Waals surface area (Å²) >= 11 is 0. The molecular formula is C39H76O6. The topological polar surface area (TPSA) is 104 Å². The molecule has 0 rings (SSSR count). The Morgan fingerprint density at radius 1 is 0.511 bits per heavy atom. The molecule has 0 aliphatic heterocycles. The molecule has 3 N–H and O–H groups in total. The normalized spacial score (nSPS) is 12.8. The maximum Gasteiger partial charge on any atom is 0.305 e. The lowest BCUT2D eigenvalue weighted by molar-refractivity contribution is -0.147. The minimum absolute atomic E-state index is 0.114. The van der Waals surface area contributed by atoms with Gasteiger partial charge in [-0.05, 0) is 18.8 Å². The number of rotatable bonds is 37. The van der Waals surface area contributed by atoms with Crippen LogP contribution in [0.3, 0.4) is 0 Å². The fourth-order valence-corrected chi connectivity index (χ4v) is 6.38. The van der Waals surface area contributed by atoms with Crippen molar-refractivity contribution >= 4 is 11.9 Å². The number of hydrogen-bond acceptors (Lipinski definition) is 5. The Bertz CT molecular complexity index is 625. The molecule has 0 fully saturated rings. The molecule has 0 aromatic carbocycles. The maximum atomic E-state index is 11.8. The van der Waals surface area contributed by atoms with Crippen LogP contribution in [0.25, 0.3) is 0 Å². The molecule has 268 valence electrons. The average molecular weight is 641 g/mol. The zero-order valence-corrected chi connectivity index (χ0v) is 29.8. The van der Waals surface area contributed by atoms with Gasteiger partial charge in [0.05, 0.1) is 6.61 Å². The fourth-order valence-electron chi connectivity index (χ4n) is 6.38. The van der Waals surface area contributed by atoms with Crippen molar-refractivity contribution < 1.29 is 29.6 Å². The molecular weight excluding hydrogens is 564 g/mol. The summed E-state index contributed by atoms with van der Waals surface area (Å²) in [5, 5.41) is 26.8. The third kappa shape index (κ3) is 35.6. The van der Waals surface area contributed by atoms with Crippen LogP contribution in [0.4, 0.5) is 0 Å². The molecule has 0 saturated carbocycles. The Kier molecular flexibility index (Phi) is 34.8. The van der Waals surface area contributed by atoms with Gasteiger partial charge in [-0.25, -0.2) is 0 Å². The van der Waals surface area contributed by atoms with Crippen molar-refractivity contribution in [3.8, 4) is 0 Å².